The molecule has 2 N–H and O–H groups in total. The Bertz CT molecular complexity index is 927. The van der Waals surface area contributed by atoms with Crippen LogP contribution >= 0.6 is 0 Å². The molecule has 0 spiro atoms. The van der Waals surface area contributed by atoms with Crippen molar-refractivity contribution in [3.63, 3.8) is 0 Å². The number of nitrogens with one attached hydrogen (secondary N) is 2. The molecule has 0 bridgehead atoms. The molecular formula is C18H19FN2O4S. The van der Waals surface area contributed by atoms with Gasteiger partial charge in [-0.1, -0.05) is 12.1 Å². The van der Waals surface area contributed by atoms with Crippen molar-refractivity contribution in [3.05, 3.63) is 53.8 Å². The number of amides is 1. The maximum Gasteiger partial charge on any atom is 0.258 e. The van der Waals surface area contributed by atoms with E-state index >= 15 is 0 Å². The summed E-state index contributed by atoms with van der Waals surface area (Å²) < 4.78 is 46.6. The van der Waals surface area contributed by atoms with Gasteiger partial charge in [0.05, 0.1) is 22.8 Å². The predicted octanol–water partition coefficient (Wildman–Crippen LogP) is 2.92. The number of benzene rings is 2. The Morgan fingerprint density at radius 2 is 1.96 bits per heavy atom. The van der Waals surface area contributed by atoms with Crippen molar-refractivity contribution < 1.29 is 22.3 Å². The molecule has 2 aromatic rings. The normalized spacial score (nSPS) is 14.1. The summed E-state index contributed by atoms with van der Waals surface area (Å²) in [6, 6.07) is 9.71. The van der Waals surface area contributed by atoms with Crippen LogP contribution in [0.15, 0.2) is 47.4 Å². The van der Waals surface area contributed by atoms with Crippen LogP contribution in [0.2, 0.25) is 0 Å². The molecule has 1 aliphatic rings. The molecule has 0 saturated heterocycles. The van der Waals surface area contributed by atoms with Crippen molar-refractivity contribution >= 4 is 21.6 Å². The number of hydrogen-bond acceptors (Lipinski definition) is 4. The van der Waals surface area contributed by atoms with Crippen LogP contribution in [0, 0.1) is 5.82 Å². The second-order valence-corrected chi connectivity index (χ2v) is 7.63. The Morgan fingerprint density at radius 1 is 1.23 bits per heavy atom. The summed E-state index contributed by atoms with van der Waals surface area (Å²) >= 11 is 0. The van der Waals surface area contributed by atoms with Gasteiger partial charge >= 0.3 is 0 Å². The number of sulfonamides is 1. The minimum atomic E-state index is -3.69. The highest BCUT2D eigenvalue weighted by Gasteiger charge is 2.28. The maximum absolute atomic E-state index is 13.8. The fourth-order valence-corrected chi connectivity index (χ4v) is 3.71. The molecule has 0 atom stereocenters. The van der Waals surface area contributed by atoms with Crippen LogP contribution in [0.1, 0.15) is 30.1 Å². The van der Waals surface area contributed by atoms with Crippen LogP contribution in [0.3, 0.4) is 0 Å². The number of hydrogen-bond donors (Lipinski definition) is 2. The lowest BCUT2D eigenvalue weighted by molar-refractivity contribution is 0.102. The fourth-order valence-electron chi connectivity index (χ4n) is 2.38. The third-order valence-corrected chi connectivity index (χ3v) is 5.35. The van der Waals surface area contributed by atoms with E-state index in [1.165, 1.54) is 36.4 Å². The quantitative estimate of drug-likeness (QED) is 0.776. The van der Waals surface area contributed by atoms with E-state index in [1.807, 2.05) is 0 Å². The Labute approximate surface area is 151 Å². The van der Waals surface area contributed by atoms with Crippen LogP contribution in [-0.4, -0.2) is 27.0 Å². The Balaban J connectivity index is 1.91. The Morgan fingerprint density at radius 3 is 2.62 bits per heavy atom. The van der Waals surface area contributed by atoms with Gasteiger partial charge in [0.15, 0.2) is 0 Å². The average Bonchev–Trinajstić information content (AvgIpc) is 3.40. The fraction of sp³-hybridized carbons (Fsp3) is 0.278. The SMILES string of the molecule is CCOc1ccc(S(=O)(=O)NC2CC2)cc1NC(=O)c1ccccc1F. The predicted molar refractivity (Wildman–Crippen MR) is 95.3 cm³/mol. The second-order valence-electron chi connectivity index (χ2n) is 5.92. The monoisotopic (exact) mass is 378 g/mol. The molecule has 0 aromatic heterocycles. The Hall–Kier alpha value is -2.45. The third kappa shape index (κ3) is 4.20. The molecule has 8 heteroatoms. The van der Waals surface area contributed by atoms with E-state index in [0.29, 0.717) is 12.4 Å². The van der Waals surface area contributed by atoms with Crippen LogP contribution in [0.4, 0.5) is 10.1 Å². The van der Waals surface area contributed by atoms with Crippen molar-refractivity contribution in [2.75, 3.05) is 11.9 Å². The molecule has 26 heavy (non-hydrogen) atoms. The van der Waals surface area contributed by atoms with Gasteiger partial charge in [0.25, 0.3) is 5.91 Å². The summed E-state index contributed by atoms with van der Waals surface area (Å²) in [5.74, 6) is -1.04. The highest BCUT2D eigenvalue weighted by atomic mass is 32.2. The molecule has 1 saturated carbocycles. The summed E-state index contributed by atoms with van der Waals surface area (Å²) in [6.45, 7) is 2.09. The van der Waals surface area contributed by atoms with Crippen molar-refractivity contribution in [2.45, 2.75) is 30.7 Å². The van der Waals surface area contributed by atoms with E-state index in [2.05, 4.69) is 10.0 Å². The molecule has 1 fully saturated rings. The van der Waals surface area contributed by atoms with Gasteiger partial charge in [-0.25, -0.2) is 17.5 Å². The minimum Gasteiger partial charge on any atom is -0.492 e. The molecule has 0 aliphatic heterocycles. The number of carbonyl (C=O) groups is 1. The molecule has 0 heterocycles. The largest absolute Gasteiger partial charge is 0.492 e. The van der Waals surface area contributed by atoms with E-state index in [-0.39, 0.29) is 22.2 Å². The average molecular weight is 378 g/mol. The summed E-state index contributed by atoms with van der Waals surface area (Å²) in [7, 11) is -3.69. The van der Waals surface area contributed by atoms with Gasteiger partial charge in [0, 0.05) is 6.04 Å². The second kappa shape index (κ2) is 7.43. The lowest BCUT2D eigenvalue weighted by Gasteiger charge is -2.14. The van der Waals surface area contributed by atoms with Crippen molar-refractivity contribution in [1.82, 2.24) is 4.72 Å². The topological polar surface area (TPSA) is 84.5 Å². The van der Waals surface area contributed by atoms with Gasteiger partial charge in [0.1, 0.15) is 11.6 Å². The van der Waals surface area contributed by atoms with Gasteiger partial charge < -0.3 is 10.1 Å². The van der Waals surface area contributed by atoms with E-state index in [4.69, 9.17) is 4.74 Å². The minimum absolute atomic E-state index is 0.0108. The molecule has 1 amide bonds. The standard InChI is InChI=1S/C18H19FN2O4S/c1-2-25-17-10-9-13(26(23,24)21-12-7-8-12)11-16(17)20-18(22)14-5-3-4-6-15(14)19/h3-6,9-12,21H,2,7-8H2,1H3,(H,20,22). The number of anilines is 1. The highest BCUT2D eigenvalue weighted by Crippen LogP contribution is 2.30. The maximum atomic E-state index is 13.8. The van der Waals surface area contributed by atoms with Crippen LogP contribution in [-0.2, 0) is 10.0 Å². The zero-order valence-corrected chi connectivity index (χ0v) is 15.0. The summed E-state index contributed by atoms with van der Waals surface area (Å²) in [5, 5.41) is 2.54. The van der Waals surface area contributed by atoms with E-state index in [9.17, 15) is 17.6 Å². The molecule has 0 unspecified atom stereocenters. The number of carbonyl (C=O) groups excluding carboxylic acids is 1. The third-order valence-electron chi connectivity index (χ3n) is 3.83. The number of halogens is 1. The first-order valence-electron chi connectivity index (χ1n) is 8.26. The zero-order valence-electron chi connectivity index (χ0n) is 14.2. The van der Waals surface area contributed by atoms with Gasteiger partial charge in [-0.05, 0) is 50.1 Å². The highest BCUT2D eigenvalue weighted by molar-refractivity contribution is 7.89. The van der Waals surface area contributed by atoms with Crippen molar-refractivity contribution in [1.29, 1.82) is 0 Å². The van der Waals surface area contributed by atoms with Crippen LogP contribution in [0.25, 0.3) is 0 Å². The van der Waals surface area contributed by atoms with Gasteiger partial charge in [-0.3, -0.25) is 4.79 Å². The molecule has 2 aromatic carbocycles. The van der Waals surface area contributed by atoms with Crippen LogP contribution in [0.5, 0.6) is 5.75 Å². The van der Waals surface area contributed by atoms with Gasteiger partial charge in [0.2, 0.25) is 10.0 Å². The first-order valence-corrected chi connectivity index (χ1v) is 9.74. The summed E-state index contributed by atoms with van der Waals surface area (Å²) in [5.41, 5.74) is 0.0260. The number of ether oxygens (including phenoxy) is 1. The Kier molecular flexibility index (Phi) is 5.24. The zero-order chi connectivity index (χ0) is 18.7. The molecule has 6 nitrogen and oxygen atoms in total. The van der Waals surface area contributed by atoms with Crippen molar-refractivity contribution in [3.8, 4) is 5.75 Å². The van der Waals surface area contributed by atoms with Crippen molar-refractivity contribution in [2.24, 2.45) is 0 Å². The number of rotatable bonds is 7. The lowest BCUT2D eigenvalue weighted by Crippen LogP contribution is -2.26. The molecule has 3 rings (SSSR count). The first kappa shape index (κ1) is 18.3. The van der Waals surface area contributed by atoms with E-state index in [0.717, 1.165) is 12.8 Å². The van der Waals surface area contributed by atoms with E-state index < -0.39 is 21.7 Å². The summed E-state index contributed by atoms with van der Waals surface area (Å²) in [6.07, 6.45) is 1.63. The molecule has 1 aliphatic carbocycles. The smallest absolute Gasteiger partial charge is 0.258 e. The van der Waals surface area contributed by atoms with Gasteiger partial charge in [-0.2, -0.15) is 0 Å². The first-order chi connectivity index (χ1) is 12.4. The summed E-state index contributed by atoms with van der Waals surface area (Å²) in [4.78, 5) is 12.4. The van der Waals surface area contributed by atoms with E-state index in [1.54, 1.807) is 13.0 Å². The molecular weight excluding hydrogens is 359 g/mol. The molecule has 138 valence electrons. The molecule has 0 radical (unpaired) electrons. The lowest BCUT2D eigenvalue weighted by atomic mass is 10.2. The van der Waals surface area contributed by atoms with Crippen LogP contribution < -0.4 is 14.8 Å². The van der Waals surface area contributed by atoms with Gasteiger partial charge in [-0.15, -0.1) is 0 Å².